The number of rotatable bonds is 4. The summed E-state index contributed by atoms with van der Waals surface area (Å²) >= 11 is 12.6. The molecule has 2 saturated heterocycles. The van der Waals surface area contributed by atoms with Gasteiger partial charge >= 0.3 is 0 Å². The Balaban J connectivity index is 0.00000148. The van der Waals surface area contributed by atoms with E-state index in [0.29, 0.717) is 34.8 Å². The molecule has 4 heterocycles. The zero-order chi connectivity index (χ0) is 26.0. The van der Waals surface area contributed by atoms with Crippen LogP contribution in [0.4, 0.5) is 10.2 Å². The molecule has 2 aliphatic rings. The zero-order valence-corrected chi connectivity index (χ0v) is 23.4. The van der Waals surface area contributed by atoms with Gasteiger partial charge in [-0.05, 0) is 56.7 Å². The maximum atomic E-state index is 13.6. The third kappa shape index (κ3) is 5.48. The van der Waals surface area contributed by atoms with Crippen LogP contribution in [0.15, 0.2) is 24.4 Å². The van der Waals surface area contributed by atoms with E-state index in [-0.39, 0.29) is 6.04 Å². The van der Waals surface area contributed by atoms with E-state index in [1.165, 1.54) is 0 Å². The van der Waals surface area contributed by atoms with Crippen molar-refractivity contribution in [3.05, 3.63) is 45.7 Å². The highest BCUT2D eigenvalue weighted by molar-refractivity contribution is 6.35. The first-order chi connectivity index (χ1) is 17.3. The average molecular weight is 536 g/mol. The lowest BCUT2D eigenvalue weighted by Gasteiger charge is -2.44. The summed E-state index contributed by atoms with van der Waals surface area (Å²) in [6.07, 6.45) is 3.60. The SMILES string of the molecule is CC.Cc1nn([C@H](C)c2ccc(Cl)cc2Cl)c2nc(N3CCC(N4CCC(F)CC4)C(C)C3)cnc12. The normalized spacial score (nSPS) is 22.4. The molecule has 36 heavy (non-hydrogen) atoms. The molecule has 9 heteroatoms. The number of likely N-dealkylation sites (tertiary alicyclic amines) is 1. The van der Waals surface area contributed by atoms with Gasteiger partial charge in [0.15, 0.2) is 5.65 Å². The molecule has 2 aromatic heterocycles. The summed E-state index contributed by atoms with van der Waals surface area (Å²) in [7, 11) is 0. The number of benzene rings is 1. The molecule has 0 spiro atoms. The molecule has 3 aromatic rings. The highest BCUT2D eigenvalue weighted by atomic mass is 35.5. The smallest absolute Gasteiger partial charge is 0.179 e. The number of halogens is 3. The van der Waals surface area contributed by atoms with Crippen LogP contribution in [-0.2, 0) is 0 Å². The molecular formula is C27H37Cl2FN6. The molecule has 0 amide bonds. The number of hydrogen-bond acceptors (Lipinski definition) is 5. The highest BCUT2D eigenvalue weighted by Crippen LogP contribution is 2.32. The van der Waals surface area contributed by atoms with Crippen molar-refractivity contribution in [1.82, 2.24) is 24.6 Å². The van der Waals surface area contributed by atoms with Crippen LogP contribution in [0.25, 0.3) is 11.2 Å². The van der Waals surface area contributed by atoms with Crippen LogP contribution in [0, 0.1) is 12.8 Å². The lowest BCUT2D eigenvalue weighted by atomic mass is 9.90. The first-order valence-corrected chi connectivity index (χ1v) is 13.9. The van der Waals surface area contributed by atoms with Gasteiger partial charge in [0.2, 0.25) is 0 Å². The third-order valence-corrected chi connectivity index (χ3v) is 8.01. The van der Waals surface area contributed by atoms with Gasteiger partial charge < -0.3 is 4.90 Å². The Morgan fingerprint density at radius 2 is 1.81 bits per heavy atom. The molecule has 1 aromatic carbocycles. The number of hydrogen-bond donors (Lipinski definition) is 0. The van der Waals surface area contributed by atoms with Gasteiger partial charge in [-0.25, -0.2) is 19.0 Å². The fraction of sp³-hybridized carbons (Fsp3) is 0.593. The number of aryl methyl sites for hydroxylation is 1. The number of nitrogens with zero attached hydrogens (tertiary/aromatic N) is 6. The Hall–Kier alpha value is -1.96. The van der Waals surface area contributed by atoms with E-state index in [0.717, 1.165) is 60.8 Å². The van der Waals surface area contributed by atoms with Crippen molar-refractivity contribution in [3.63, 3.8) is 0 Å². The molecule has 3 atom stereocenters. The van der Waals surface area contributed by atoms with Crippen molar-refractivity contribution in [2.75, 3.05) is 31.1 Å². The minimum absolute atomic E-state index is 0.117. The molecule has 0 aliphatic carbocycles. The second kappa shape index (κ2) is 11.6. The van der Waals surface area contributed by atoms with Crippen LogP contribution in [-0.4, -0.2) is 63.0 Å². The number of fused-ring (bicyclic) bond motifs is 1. The second-order valence-electron chi connectivity index (χ2n) is 9.76. The lowest BCUT2D eigenvalue weighted by molar-refractivity contribution is 0.0741. The monoisotopic (exact) mass is 534 g/mol. The predicted octanol–water partition coefficient (Wildman–Crippen LogP) is 6.73. The van der Waals surface area contributed by atoms with Crippen molar-refractivity contribution in [1.29, 1.82) is 0 Å². The van der Waals surface area contributed by atoms with E-state index < -0.39 is 6.17 Å². The average Bonchev–Trinajstić information content (AvgIpc) is 3.21. The fourth-order valence-electron chi connectivity index (χ4n) is 5.52. The summed E-state index contributed by atoms with van der Waals surface area (Å²) in [5.41, 5.74) is 3.34. The maximum Gasteiger partial charge on any atom is 0.179 e. The molecule has 6 nitrogen and oxygen atoms in total. The van der Waals surface area contributed by atoms with Crippen molar-refractivity contribution in [2.45, 2.75) is 72.1 Å². The number of aromatic nitrogens is 4. The molecule has 2 fully saturated rings. The van der Waals surface area contributed by atoms with Crippen LogP contribution in [0.2, 0.25) is 10.0 Å². The van der Waals surface area contributed by atoms with Crippen LogP contribution >= 0.6 is 23.2 Å². The summed E-state index contributed by atoms with van der Waals surface area (Å²) in [6.45, 7) is 13.9. The molecule has 5 rings (SSSR count). The van der Waals surface area contributed by atoms with E-state index in [1.54, 1.807) is 6.07 Å². The first kappa shape index (κ1) is 27.1. The summed E-state index contributed by atoms with van der Waals surface area (Å²) in [4.78, 5) is 14.6. The van der Waals surface area contributed by atoms with Gasteiger partial charge in [0.1, 0.15) is 17.5 Å². The van der Waals surface area contributed by atoms with Crippen LogP contribution < -0.4 is 4.90 Å². The number of alkyl halides is 1. The van der Waals surface area contributed by atoms with Gasteiger partial charge in [0.05, 0.1) is 17.9 Å². The molecular weight excluding hydrogens is 498 g/mol. The van der Waals surface area contributed by atoms with Gasteiger partial charge in [-0.15, -0.1) is 0 Å². The Bertz CT molecular complexity index is 1180. The van der Waals surface area contributed by atoms with Crippen LogP contribution in [0.3, 0.4) is 0 Å². The minimum Gasteiger partial charge on any atom is -0.355 e. The zero-order valence-electron chi connectivity index (χ0n) is 21.9. The van der Waals surface area contributed by atoms with E-state index in [4.69, 9.17) is 38.3 Å². The molecule has 0 saturated carbocycles. The van der Waals surface area contributed by atoms with Crippen LogP contribution in [0.5, 0.6) is 0 Å². The fourth-order valence-corrected chi connectivity index (χ4v) is 6.09. The summed E-state index contributed by atoms with van der Waals surface area (Å²) < 4.78 is 15.5. The molecule has 196 valence electrons. The summed E-state index contributed by atoms with van der Waals surface area (Å²) in [5.74, 6) is 1.34. The van der Waals surface area contributed by atoms with E-state index in [9.17, 15) is 4.39 Å². The van der Waals surface area contributed by atoms with E-state index >= 15 is 0 Å². The largest absolute Gasteiger partial charge is 0.355 e. The Morgan fingerprint density at radius 1 is 1.08 bits per heavy atom. The van der Waals surface area contributed by atoms with Gasteiger partial charge in [-0.1, -0.05) is 50.0 Å². The Morgan fingerprint density at radius 3 is 2.47 bits per heavy atom. The quantitative estimate of drug-likeness (QED) is 0.371. The molecule has 0 N–H and O–H groups in total. The summed E-state index contributed by atoms with van der Waals surface area (Å²) in [5, 5.41) is 5.97. The van der Waals surface area contributed by atoms with Crippen LogP contribution in [0.1, 0.15) is 64.3 Å². The van der Waals surface area contributed by atoms with Gasteiger partial charge in [-0.2, -0.15) is 5.10 Å². The minimum atomic E-state index is -0.632. The first-order valence-electron chi connectivity index (χ1n) is 13.1. The van der Waals surface area contributed by atoms with Crippen molar-refractivity contribution >= 4 is 40.2 Å². The van der Waals surface area contributed by atoms with Gasteiger partial charge in [0, 0.05) is 42.3 Å². The van der Waals surface area contributed by atoms with Gasteiger partial charge in [0.25, 0.3) is 0 Å². The van der Waals surface area contributed by atoms with Crippen molar-refractivity contribution < 1.29 is 4.39 Å². The Labute approximate surface area is 223 Å². The standard InChI is InChI=1S/C25H31Cl2FN6.C2H6/c1-15-14-33(11-8-22(15)32-9-6-19(28)7-10-32)23-13-29-24-16(2)31-34(25(24)30-23)17(3)20-5-4-18(26)12-21(20)27;1-2/h4-5,12-13,15,17,19,22H,6-11,14H2,1-3H3;1-2H3/t15?,17-,22?;/m1./s1. The summed E-state index contributed by atoms with van der Waals surface area (Å²) in [6, 6.07) is 5.92. The van der Waals surface area contributed by atoms with Gasteiger partial charge in [-0.3, -0.25) is 4.90 Å². The molecule has 0 radical (unpaired) electrons. The molecule has 2 aliphatic heterocycles. The Kier molecular flexibility index (Phi) is 8.74. The predicted molar refractivity (Wildman–Crippen MR) is 147 cm³/mol. The third-order valence-electron chi connectivity index (χ3n) is 7.45. The van der Waals surface area contributed by atoms with Crippen molar-refractivity contribution in [3.8, 4) is 0 Å². The number of anilines is 1. The molecule has 0 bridgehead atoms. The van der Waals surface area contributed by atoms with Crippen molar-refractivity contribution in [2.24, 2.45) is 5.92 Å². The number of piperidine rings is 2. The lowest BCUT2D eigenvalue weighted by Crippen LogP contribution is -2.52. The highest BCUT2D eigenvalue weighted by Gasteiger charge is 2.33. The van der Waals surface area contributed by atoms with E-state index in [1.807, 2.05) is 43.8 Å². The second-order valence-corrected chi connectivity index (χ2v) is 10.6. The topological polar surface area (TPSA) is 50.1 Å². The van der Waals surface area contributed by atoms with E-state index in [2.05, 4.69) is 23.6 Å². The maximum absolute atomic E-state index is 13.6. The molecule has 2 unspecified atom stereocenters.